The van der Waals surface area contributed by atoms with Crippen LogP contribution in [0.4, 0.5) is 0 Å². The van der Waals surface area contributed by atoms with Gasteiger partial charge in [0, 0.05) is 4.90 Å². The Morgan fingerprint density at radius 2 is 2.11 bits per heavy atom. The molecule has 0 saturated heterocycles. The van der Waals surface area contributed by atoms with Crippen LogP contribution in [0.2, 0.25) is 0 Å². The molecule has 2 bridgehead atoms. The first-order chi connectivity index (χ1) is 8.78. The Morgan fingerprint density at radius 1 is 1.28 bits per heavy atom. The molecule has 2 heteroatoms. The SMILES string of the molecule is CSc1ccccc1C(O)CC1CC2CCC1C2. The third kappa shape index (κ3) is 2.33. The molecule has 98 valence electrons. The van der Waals surface area contributed by atoms with Gasteiger partial charge in [-0.25, -0.2) is 0 Å². The van der Waals surface area contributed by atoms with Gasteiger partial charge in [0.15, 0.2) is 0 Å². The topological polar surface area (TPSA) is 20.2 Å². The van der Waals surface area contributed by atoms with Gasteiger partial charge in [0.25, 0.3) is 0 Å². The van der Waals surface area contributed by atoms with E-state index in [9.17, 15) is 5.11 Å². The van der Waals surface area contributed by atoms with Gasteiger partial charge in [0.1, 0.15) is 0 Å². The molecular weight excluding hydrogens is 240 g/mol. The maximum Gasteiger partial charge on any atom is 0.0803 e. The molecule has 1 aromatic carbocycles. The van der Waals surface area contributed by atoms with E-state index in [2.05, 4.69) is 24.5 Å². The zero-order chi connectivity index (χ0) is 12.5. The van der Waals surface area contributed by atoms with E-state index in [1.54, 1.807) is 11.8 Å². The standard InChI is InChI=1S/C16H22OS/c1-18-16-5-3-2-4-14(16)15(17)10-13-9-11-6-7-12(13)8-11/h2-5,11-13,15,17H,6-10H2,1H3. The summed E-state index contributed by atoms with van der Waals surface area (Å²) in [6.07, 6.45) is 8.44. The summed E-state index contributed by atoms with van der Waals surface area (Å²) < 4.78 is 0. The van der Waals surface area contributed by atoms with Crippen LogP contribution in [0.3, 0.4) is 0 Å². The average molecular weight is 262 g/mol. The van der Waals surface area contributed by atoms with Crippen LogP contribution in [-0.4, -0.2) is 11.4 Å². The minimum absolute atomic E-state index is 0.266. The molecule has 1 aromatic rings. The third-order valence-electron chi connectivity index (χ3n) is 4.91. The van der Waals surface area contributed by atoms with Crippen molar-refractivity contribution in [3.8, 4) is 0 Å². The summed E-state index contributed by atoms with van der Waals surface area (Å²) in [6, 6.07) is 8.30. The number of rotatable bonds is 4. The third-order valence-corrected chi connectivity index (χ3v) is 5.72. The van der Waals surface area contributed by atoms with Gasteiger partial charge < -0.3 is 5.11 Å². The maximum atomic E-state index is 10.5. The summed E-state index contributed by atoms with van der Waals surface area (Å²) in [4.78, 5) is 1.23. The molecule has 4 atom stereocenters. The zero-order valence-corrected chi connectivity index (χ0v) is 11.8. The van der Waals surface area contributed by atoms with E-state index < -0.39 is 0 Å². The van der Waals surface area contributed by atoms with Crippen molar-refractivity contribution in [3.05, 3.63) is 29.8 Å². The van der Waals surface area contributed by atoms with E-state index in [1.165, 1.54) is 30.6 Å². The summed E-state index contributed by atoms with van der Waals surface area (Å²) in [6.45, 7) is 0. The second kappa shape index (κ2) is 5.26. The van der Waals surface area contributed by atoms with Gasteiger partial charge in [-0.3, -0.25) is 0 Å². The average Bonchev–Trinajstić information content (AvgIpc) is 3.01. The molecule has 2 aliphatic rings. The van der Waals surface area contributed by atoms with E-state index in [4.69, 9.17) is 0 Å². The quantitative estimate of drug-likeness (QED) is 0.818. The number of hydrogen-bond donors (Lipinski definition) is 1. The number of fused-ring (bicyclic) bond motifs is 2. The van der Waals surface area contributed by atoms with Gasteiger partial charge in [0.05, 0.1) is 6.10 Å². The summed E-state index contributed by atoms with van der Waals surface area (Å²) in [7, 11) is 0. The van der Waals surface area contributed by atoms with Gasteiger partial charge in [-0.15, -0.1) is 11.8 Å². The fourth-order valence-corrected chi connectivity index (χ4v) is 4.68. The van der Waals surface area contributed by atoms with E-state index in [0.717, 1.165) is 29.7 Å². The molecule has 0 spiro atoms. The Kier molecular flexibility index (Phi) is 3.67. The molecule has 0 aromatic heterocycles. The Morgan fingerprint density at radius 3 is 2.78 bits per heavy atom. The highest BCUT2D eigenvalue weighted by Gasteiger charge is 2.40. The first-order valence-corrected chi connectivity index (χ1v) is 8.31. The highest BCUT2D eigenvalue weighted by molar-refractivity contribution is 7.98. The molecule has 0 aliphatic heterocycles. The van der Waals surface area contributed by atoms with E-state index in [1.807, 2.05) is 6.07 Å². The lowest BCUT2D eigenvalue weighted by Crippen LogP contribution is -2.14. The number of thioether (sulfide) groups is 1. The van der Waals surface area contributed by atoms with Gasteiger partial charge in [-0.1, -0.05) is 24.6 Å². The number of benzene rings is 1. The van der Waals surface area contributed by atoms with Crippen LogP contribution in [-0.2, 0) is 0 Å². The van der Waals surface area contributed by atoms with Crippen LogP contribution >= 0.6 is 11.8 Å². The maximum absolute atomic E-state index is 10.5. The molecule has 0 heterocycles. The van der Waals surface area contributed by atoms with Crippen molar-refractivity contribution >= 4 is 11.8 Å². The van der Waals surface area contributed by atoms with Crippen LogP contribution < -0.4 is 0 Å². The van der Waals surface area contributed by atoms with E-state index in [0.29, 0.717) is 0 Å². The van der Waals surface area contributed by atoms with Crippen molar-refractivity contribution in [1.82, 2.24) is 0 Å². The fraction of sp³-hybridized carbons (Fsp3) is 0.625. The highest BCUT2D eigenvalue weighted by Crippen LogP contribution is 2.51. The van der Waals surface area contributed by atoms with Crippen LogP contribution in [0.25, 0.3) is 0 Å². The molecule has 4 unspecified atom stereocenters. The van der Waals surface area contributed by atoms with Crippen molar-refractivity contribution in [2.45, 2.75) is 43.1 Å². The van der Waals surface area contributed by atoms with Crippen molar-refractivity contribution in [2.24, 2.45) is 17.8 Å². The largest absolute Gasteiger partial charge is 0.388 e. The lowest BCUT2D eigenvalue weighted by atomic mass is 9.83. The molecule has 3 rings (SSSR count). The van der Waals surface area contributed by atoms with Gasteiger partial charge in [-0.2, -0.15) is 0 Å². The van der Waals surface area contributed by atoms with E-state index >= 15 is 0 Å². The number of aliphatic hydroxyl groups excluding tert-OH is 1. The summed E-state index contributed by atoms with van der Waals surface area (Å²) in [5, 5.41) is 10.5. The molecule has 2 fully saturated rings. The smallest absolute Gasteiger partial charge is 0.0803 e. The minimum Gasteiger partial charge on any atom is -0.388 e. The van der Waals surface area contributed by atoms with Crippen LogP contribution in [0.15, 0.2) is 29.2 Å². The monoisotopic (exact) mass is 262 g/mol. The van der Waals surface area contributed by atoms with Crippen molar-refractivity contribution < 1.29 is 5.11 Å². The van der Waals surface area contributed by atoms with Crippen LogP contribution in [0.1, 0.15) is 43.8 Å². The Bertz CT molecular complexity index is 417. The second-order valence-corrected chi connectivity index (χ2v) is 6.78. The molecular formula is C16H22OS. The molecule has 2 saturated carbocycles. The number of hydrogen-bond acceptors (Lipinski definition) is 2. The molecule has 1 nitrogen and oxygen atoms in total. The molecule has 0 radical (unpaired) electrons. The summed E-state index contributed by atoms with van der Waals surface area (Å²) in [5.41, 5.74) is 1.13. The normalized spacial score (nSPS) is 31.8. The predicted molar refractivity (Wildman–Crippen MR) is 76.7 cm³/mol. The van der Waals surface area contributed by atoms with Crippen molar-refractivity contribution in [3.63, 3.8) is 0 Å². The molecule has 18 heavy (non-hydrogen) atoms. The van der Waals surface area contributed by atoms with Gasteiger partial charge >= 0.3 is 0 Å². The van der Waals surface area contributed by atoms with Crippen LogP contribution in [0.5, 0.6) is 0 Å². The lowest BCUT2D eigenvalue weighted by molar-refractivity contribution is 0.123. The van der Waals surface area contributed by atoms with Gasteiger partial charge in [0.2, 0.25) is 0 Å². The fourth-order valence-electron chi connectivity index (χ4n) is 4.02. The zero-order valence-electron chi connectivity index (χ0n) is 11.0. The number of aliphatic hydroxyl groups is 1. The van der Waals surface area contributed by atoms with E-state index in [-0.39, 0.29) is 6.10 Å². The minimum atomic E-state index is -0.266. The first kappa shape index (κ1) is 12.6. The molecule has 0 amide bonds. The Hall–Kier alpha value is -0.470. The molecule has 2 aliphatic carbocycles. The van der Waals surface area contributed by atoms with Crippen molar-refractivity contribution in [2.75, 3.05) is 6.26 Å². The highest BCUT2D eigenvalue weighted by atomic mass is 32.2. The summed E-state index contributed by atoms with van der Waals surface area (Å²) >= 11 is 1.74. The molecule has 1 N–H and O–H groups in total. The lowest BCUT2D eigenvalue weighted by Gasteiger charge is -2.25. The van der Waals surface area contributed by atoms with Gasteiger partial charge in [-0.05, 0) is 61.3 Å². The Balaban J connectivity index is 1.69. The Labute approximate surface area is 114 Å². The summed E-state index contributed by atoms with van der Waals surface area (Å²) in [5.74, 6) is 2.66. The first-order valence-electron chi connectivity index (χ1n) is 7.09. The predicted octanol–water partition coefficient (Wildman–Crippen LogP) is 4.27. The second-order valence-electron chi connectivity index (χ2n) is 5.93. The van der Waals surface area contributed by atoms with Crippen LogP contribution in [0, 0.1) is 17.8 Å². The van der Waals surface area contributed by atoms with Crippen molar-refractivity contribution in [1.29, 1.82) is 0 Å².